The minimum atomic E-state index is -0.216. The molecule has 0 bridgehead atoms. The van der Waals surface area contributed by atoms with Gasteiger partial charge in [-0.15, -0.1) is 0 Å². The van der Waals surface area contributed by atoms with Crippen LogP contribution in [0.3, 0.4) is 0 Å². The maximum absolute atomic E-state index is 11.0. The van der Waals surface area contributed by atoms with Crippen molar-refractivity contribution in [3.63, 3.8) is 0 Å². The maximum Gasteiger partial charge on any atom is 0.322 e. The Hall–Kier alpha value is -0.970. The lowest BCUT2D eigenvalue weighted by molar-refractivity contribution is -0.142. The van der Waals surface area contributed by atoms with E-state index in [4.69, 9.17) is 6.42 Å². The molecule has 1 aliphatic carbocycles. The van der Waals surface area contributed by atoms with Gasteiger partial charge in [-0.2, -0.15) is 0 Å². The predicted molar refractivity (Wildman–Crippen MR) is 41.5 cm³/mol. The molecule has 0 aliphatic heterocycles. The van der Waals surface area contributed by atoms with Crippen LogP contribution < -0.4 is 0 Å². The maximum atomic E-state index is 11.0. The zero-order valence-corrected chi connectivity index (χ0v) is 6.51. The lowest BCUT2D eigenvalue weighted by Gasteiger charge is -2.17. The first kappa shape index (κ1) is 8.13. The molecule has 0 atom stereocenters. The number of esters is 1. The molecule has 0 spiro atoms. The Morgan fingerprint density at radius 2 is 2.00 bits per heavy atom. The molecule has 0 aromatic heterocycles. The zero-order chi connectivity index (χ0) is 8.10. The molecule has 1 rings (SSSR count). The van der Waals surface area contributed by atoms with Gasteiger partial charge in [0, 0.05) is 0 Å². The van der Waals surface area contributed by atoms with E-state index >= 15 is 0 Å². The van der Waals surface area contributed by atoms with Gasteiger partial charge in [0.1, 0.15) is 6.11 Å². The average molecular weight is 152 g/mol. The van der Waals surface area contributed by atoms with Crippen LogP contribution in [0.25, 0.3) is 0 Å². The van der Waals surface area contributed by atoms with Gasteiger partial charge in [0.15, 0.2) is 0 Å². The molecule has 11 heavy (non-hydrogen) atoms. The summed E-state index contributed by atoms with van der Waals surface area (Å²) < 4.78 is 4.47. The summed E-state index contributed by atoms with van der Waals surface area (Å²) in [6, 6.07) is 0. The summed E-state index contributed by atoms with van der Waals surface area (Å²) in [4.78, 5) is 11.0. The third kappa shape index (κ3) is 2.27. The van der Waals surface area contributed by atoms with E-state index in [1.807, 2.05) is 6.11 Å². The van der Waals surface area contributed by atoms with Crippen LogP contribution in [0, 0.1) is 18.4 Å². The standard InChI is InChI=1S/C9H12O2/c1-2-11-9(10)8-6-4-3-5-7-8/h1,8H,3-7H2. The second-order valence-electron chi connectivity index (χ2n) is 2.87. The SMILES string of the molecule is C#COC(=O)C1CCCCC1. The van der Waals surface area contributed by atoms with E-state index in [0.717, 1.165) is 25.7 Å². The molecule has 1 fully saturated rings. The summed E-state index contributed by atoms with van der Waals surface area (Å²) in [5.41, 5.74) is 0. The summed E-state index contributed by atoms with van der Waals surface area (Å²) in [5, 5.41) is 0. The van der Waals surface area contributed by atoms with Gasteiger partial charge in [0.05, 0.1) is 5.92 Å². The van der Waals surface area contributed by atoms with Gasteiger partial charge in [0.25, 0.3) is 0 Å². The molecule has 0 amide bonds. The largest absolute Gasteiger partial charge is 0.372 e. The van der Waals surface area contributed by atoms with Crippen LogP contribution in [0.2, 0.25) is 0 Å². The van der Waals surface area contributed by atoms with Crippen LogP contribution in [0.4, 0.5) is 0 Å². The van der Waals surface area contributed by atoms with Gasteiger partial charge in [-0.25, -0.2) is 0 Å². The number of rotatable bonds is 1. The number of hydrogen-bond acceptors (Lipinski definition) is 2. The Labute approximate surface area is 66.9 Å². The Kier molecular flexibility index (Phi) is 2.97. The van der Waals surface area contributed by atoms with E-state index < -0.39 is 0 Å². The molecule has 2 heteroatoms. The van der Waals surface area contributed by atoms with Crippen LogP contribution in [0.15, 0.2) is 0 Å². The third-order valence-electron chi connectivity index (χ3n) is 2.10. The van der Waals surface area contributed by atoms with E-state index in [0.29, 0.717) is 0 Å². The second kappa shape index (κ2) is 4.02. The van der Waals surface area contributed by atoms with Crippen molar-refractivity contribution in [2.24, 2.45) is 5.92 Å². The average Bonchev–Trinajstić information content (AvgIpc) is 2.07. The van der Waals surface area contributed by atoms with Crippen molar-refractivity contribution in [2.45, 2.75) is 32.1 Å². The minimum Gasteiger partial charge on any atom is -0.372 e. The lowest BCUT2D eigenvalue weighted by atomic mass is 9.89. The van der Waals surface area contributed by atoms with Crippen molar-refractivity contribution in [1.82, 2.24) is 0 Å². The van der Waals surface area contributed by atoms with E-state index in [2.05, 4.69) is 4.74 Å². The summed E-state index contributed by atoms with van der Waals surface area (Å²) in [5.74, 6) is -0.146. The van der Waals surface area contributed by atoms with Crippen molar-refractivity contribution < 1.29 is 9.53 Å². The van der Waals surface area contributed by atoms with Crippen LogP contribution in [-0.2, 0) is 9.53 Å². The molecule has 0 saturated heterocycles. The topological polar surface area (TPSA) is 26.3 Å². The molecule has 0 unspecified atom stereocenters. The van der Waals surface area contributed by atoms with Crippen LogP contribution in [0.1, 0.15) is 32.1 Å². The Morgan fingerprint density at radius 1 is 1.36 bits per heavy atom. The third-order valence-corrected chi connectivity index (χ3v) is 2.10. The van der Waals surface area contributed by atoms with E-state index in [1.54, 1.807) is 0 Å². The Balaban J connectivity index is 2.34. The predicted octanol–water partition coefficient (Wildman–Crippen LogP) is 1.70. The molecule has 1 saturated carbocycles. The van der Waals surface area contributed by atoms with E-state index in [1.165, 1.54) is 6.42 Å². The smallest absolute Gasteiger partial charge is 0.322 e. The number of terminal acetylenes is 1. The molecular weight excluding hydrogens is 140 g/mol. The first-order valence-electron chi connectivity index (χ1n) is 4.01. The first-order valence-corrected chi connectivity index (χ1v) is 4.01. The number of carbonyl (C=O) groups is 1. The molecule has 0 radical (unpaired) electrons. The van der Waals surface area contributed by atoms with Gasteiger partial charge in [0.2, 0.25) is 0 Å². The van der Waals surface area contributed by atoms with Crippen LogP contribution in [-0.4, -0.2) is 5.97 Å². The number of carbonyl (C=O) groups excluding carboxylic acids is 1. The molecule has 0 N–H and O–H groups in total. The highest BCUT2D eigenvalue weighted by atomic mass is 16.5. The Morgan fingerprint density at radius 3 is 2.55 bits per heavy atom. The highest BCUT2D eigenvalue weighted by Crippen LogP contribution is 2.24. The molecule has 0 heterocycles. The zero-order valence-electron chi connectivity index (χ0n) is 6.51. The summed E-state index contributed by atoms with van der Waals surface area (Å²) >= 11 is 0. The van der Waals surface area contributed by atoms with Crippen molar-refractivity contribution in [1.29, 1.82) is 0 Å². The molecule has 1 aliphatic rings. The highest BCUT2D eigenvalue weighted by molar-refractivity contribution is 5.73. The normalized spacial score (nSPS) is 18.8. The van der Waals surface area contributed by atoms with E-state index in [9.17, 15) is 4.79 Å². The van der Waals surface area contributed by atoms with Gasteiger partial charge in [-0.3, -0.25) is 4.79 Å². The first-order chi connectivity index (χ1) is 5.34. The second-order valence-corrected chi connectivity index (χ2v) is 2.87. The van der Waals surface area contributed by atoms with Crippen molar-refractivity contribution in [3.8, 4) is 12.5 Å². The monoisotopic (exact) mass is 152 g/mol. The lowest BCUT2D eigenvalue weighted by Crippen LogP contribution is -2.18. The summed E-state index contributed by atoms with van der Waals surface area (Å²) in [6.45, 7) is 0. The highest BCUT2D eigenvalue weighted by Gasteiger charge is 2.21. The number of ether oxygens (including phenoxy) is 1. The van der Waals surface area contributed by atoms with Crippen molar-refractivity contribution in [3.05, 3.63) is 0 Å². The molecule has 60 valence electrons. The van der Waals surface area contributed by atoms with Gasteiger partial charge < -0.3 is 4.74 Å². The molecular formula is C9H12O2. The number of hydrogen-bond donors (Lipinski definition) is 0. The molecule has 0 aromatic rings. The molecule has 2 nitrogen and oxygen atoms in total. The van der Waals surface area contributed by atoms with Crippen LogP contribution >= 0.6 is 0 Å². The minimum absolute atomic E-state index is 0.0693. The van der Waals surface area contributed by atoms with Crippen molar-refractivity contribution >= 4 is 5.97 Å². The van der Waals surface area contributed by atoms with Gasteiger partial charge >= 0.3 is 5.97 Å². The van der Waals surface area contributed by atoms with Gasteiger partial charge in [-0.05, 0) is 12.8 Å². The van der Waals surface area contributed by atoms with Crippen LogP contribution in [0.5, 0.6) is 0 Å². The summed E-state index contributed by atoms with van der Waals surface area (Å²) in [6.07, 6.45) is 12.1. The quantitative estimate of drug-likeness (QED) is 0.422. The van der Waals surface area contributed by atoms with Gasteiger partial charge in [-0.1, -0.05) is 25.7 Å². The van der Waals surface area contributed by atoms with Crippen molar-refractivity contribution in [2.75, 3.05) is 0 Å². The summed E-state index contributed by atoms with van der Waals surface area (Å²) in [7, 11) is 0. The Bertz CT molecular complexity index is 172. The fraction of sp³-hybridized carbons (Fsp3) is 0.667. The fourth-order valence-corrected chi connectivity index (χ4v) is 1.48. The van der Waals surface area contributed by atoms with E-state index in [-0.39, 0.29) is 11.9 Å². The fourth-order valence-electron chi connectivity index (χ4n) is 1.48. The molecule has 0 aromatic carbocycles.